The quantitative estimate of drug-likeness (QED) is 0.0641. The van der Waals surface area contributed by atoms with Crippen LogP contribution in [0.25, 0.3) is 55.3 Å². The molecule has 4 amide bonds. The van der Waals surface area contributed by atoms with E-state index in [4.69, 9.17) is 0 Å². The number of amides is 4. The van der Waals surface area contributed by atoms with Gasteiger partial charge in [-0.15, -0.1) is 0 Å². The van der Waals surface area contributed by atoms with Crippen LogP contribution in [0, 0.1) is 0 Å². The molecule has 0 radical (unpaired) electrons. The molecule has 2 aliphatic heterocycles. The highest BCUT2D eigenvalue weighted by atomic mass is 16.2. The van der Waals surface area contributed by atoms with Gasteiger partial charge in [0.2, 0.25) is 0 Å². The van der Waals surface area contributed by atoms with E-state index in [-0.39, 0.29) is 13.1 Å². The van der Waals surface area contributed by atoms with Gasteiger partial charge in [0, 0.05) is 46.1 Å². The van der Waals surface area contributed by atoms with Crippen molar-refractivity contribution in [3.8, 4) is 44.5 Å². The molecule has 8 rings (SSSR count). The molecule has 0 aromatic heterocycles. The number of imide groups is 2. The molecular formula is C54H54N2O4. The van der Waals surface area contributed by atoms with Gasteiger partial charge >= 0.3 is 0 Å². The summed E-state index contributed by atoms with van der Waals surface area (Å²) in [6, 6.07) is 39.1. The molecule has 0 saturated heterocycles. The number of carbonyl (C=O) groups excluding carboxylic acids is 4. The van der Waals surface area contributed by atoms with Crippen molar-refractivity contribution in [2.24, 2.45) is 0 Å². The molecule has 0 spiro atoms. The number of carbonyl (C=O) groups is 4. The van der Waals surface area contributed by atoms with Crippen LogP contribution in [-0.2, 0) is 0 Å². The fraction of sp³-hybridized carbons (Fsp3) is 0.296. The van der Waals surface area contributed by atoms with Gasteiger partial charge in [-0.2, -0.15) is 0 Å². The Kier molecular flexibility index (Phi) is 12.5. The maximum atomic E-state index is 15.5. The SMILES string of the molecule is CCCCCCCCN1C(=O)c2c(-c3ccccc3)c(-c3ccccc3)c3c4c(c(-c5ccccc5)c(-c5ccccc5)c(c24)C1=O)C(=O)N(CCCCCCCC)C3=O. The molecule has 2 heterocycles. The van der Waals surface area contributed by atoms with Gasteiger partial charge < -0.3 is 0 Å². The van der Waals surface area contributed by atoms with E-state index in [2.05, 4.69) is 13.8 Å². The molecule has 6 aromatic carbocycles. The number of hydrogen-bond acceptors (Lipinski definition) is 4. The van der Waals surface area contributed by atoms with Crippen molar-refractivity contribution in [1.29, 1.82) is 0 Å². The fourth-order valence-electron chi connectivity index (χ4n) is 9.41. The van der Waals surface area contributed by atoms with E-state index in [1.54, 1.807) is 0 Å². The van der Waals surface area contributed by atoms with Crippen LogP contribution in [0.1, 0.15) is 132 Å². The minimum absolute atomic E-state index is 0.266. The smallest absolute Gasteiger partial charge is 0.262 e. The van der Waals surface area contributed by atoms with Crippen molar-refractivity contribution in [3.05, 3.63) is 144 Å². The van der Waals surface area contributed by atoms with Gasteiger partial charge in [-0.05, 0) is 35.1 Å². The summed E-state index contributed by atoms with van der Waals surface area (Å²) < 4.78 is 0. The first kappa shape index (κ1) is 40.6. The van der Waals surface area contributed by atoms with Crippen molar-refractivity contribution in [3.63, 3.8) is 0 Å². The largest absolute Gasteiger partial charge is 0.274 e. The van der Waals surface area contributed by atoms with E-state index in [1.165, 1.54) is 9.80 Å². The average Bonchev–Trinajstić information content (AvgIpc) is 3.29. The summed E-state index contributed by atoms with van der Waals surface area (Å²) in [5.41, 5.74) is 6.94. The Labute approximate surface area is 354 Å². The monoisotopic (exact) mass is 794 g/mol. The number of benzene rings is 6. The van der Waals surface area contributed by atoms with Gasteiger partial charge in [0.05, 0.1) is 22.3 Å². The van der Waals surface area contributed by atoms with E-state index >= 15 is 19.2 Å². The molecule has 60 heavy (non-hydrogen) atoms. The van der Waals surface area contributed by atoms with Crippen LogP contribution >= 0.6 is 0 Å². The average molecular weight is 795 g/mol. The van der Waals surface area contributed by atoms with Gasteiger partial charge in [0.25, 0.3) is 23.6 Å². The lowest BCUT2D eigenvalue weighted by atomic mass is 9.72. The van der Waals surface area contributed by atoms with E-state index in [1.807, 2.05) is 121 Å². The summed E-state index contributed by atoms with van der Waals surface area (Å²) in [5.74, 6) is -1.57. The van der Waals surface area contributed by atoms with Crippen LogP contribution in [0.4, 0.5) is 0 Å². The first-order chi connectivity index (χ1) is 29.5. The second-order valence-electron chi connectivity index (χ2n) is 16.3. The van der Waals surface area contributed by atoms with Gasteiger partial charge in [0.1, 0.15) is 0 Å². The molecule has 304 valence electrons. The highest BCUT2D eigenvalue weighted by Gasteiger charge is 2.46. The van der Waals surface area contributed by atoms with E-state index in [9.17, 15) is 0 Å². The summed E-state index contributed by atoms with van der Waals surface area (Å²) in [6.07, 6.45) is 12.0. The van der Waals surface area contributed by atoms with Crippen molar-refractivity contribution >= 4 is 34.4 Å². The molecule has 6 nitrogen and oxygen atoms in total. The van der Waals surface area contributed by atoms with Crippen molar-refractivity contribution in [2.75, 3.05) is 13.1 Å². The molecule has 0 N–H and O–H groups in total. The van der Waals surface area contributed by atoms with Crippen molar-refractivity contribution in [1.82, 2.24) is 9.80 Å². The number of nitrogens with zero attached hydrogens (tertiary/aromatic N) is 2. The molecule has 0 unspecified atom stereocenters. The van der Waals surface area contributed by atoms with Gasteiger partial charge in [-0.3, -0.25) is 29.0 Å². The van der Waals surface area contributed by atoms with Gasteiger partial charge in [0.15, 0.2) is 0 Å². The third-order valence-electron chi connectivity index (χ3n) is 12.3. The Bertz CT molecular complexity index is 2200. The van der Waals surface area contributed by atoms with Crippen LogP contribution in [-0.4, -0.2) is 46.5 Å². The predicted octanol–water partition coefficient (Wildman–Crippen LogP) is 13.4. The van der Waals surface area contributed by atoms with Gasteiger partial charge in [-0.25, -0.2) is 0 Å². The summed E-state index contributed by atoms with van der Waals surface area (Å²) in [5, 5.41) is 0.791. The third kappa shape index (κ3) is 7.49. The zero-order valence-corrected chi connectivity index (χ0v) is 35.0. The topological polar surface area (TPSA) is 74.8 Å². The Balaban J connectivity index is 1.51. The van der Waals surface area contributed by atoms with E-state index in [0.717, 1.165) is 86.5 Å². The third-order valence-corrected chi connectivity index (χ3v) is 12.3. The van der Waals surface area contributed by atoms with Crippen LogP contribution in [0.5, 0.6) is 0 Å². The summed E-state index contributed by atoms with van der Waals surface area (Å²) in [4.78, 5) is 64.9. The Hall–Kier alpha value is -6.14. The van der Waals surface area contributed by atoms with Crippen LogP contribution < -0.4 is 0 Å². The lowest BCUT2D eigenvalue weighted by Gasteiger charge is -2.37. The predicted molar refractivity (Wildman–Crippen MR) is 243 cm³/mol. The maximum Gasteiger partial charge on any atom is 0.262 e. The second kappa shape index (κ2) is 18.4. The standard InChI is InChI=1S/C54H54N2O4/c1-3-5-7-9-11-25-35-55-51(57)47-41(37-27-17-13-18-28-37)43(39-31-21-15-22-32-39)49-46-45(47)48(52(55)58)42(38-29-19-14-20-30-38)44(40-33-23-16-24-34-40)50(46)54(60)56(53(49)59)36-26-12-10-8-6-4-2/h13-24,27-34H,3-12,25-26,35-36H2,1-2H3. The lowest BCUT2D eigenvalue weighted by Crippen LogP contribution is -2.45. The summed E-state index contributed by atoms with van der Waals surface area (Å²) in [7, 11) is 0. The molecular weight excluding hydrogens is 741 g/mol. The van der Waals surface area contributed by atoms with Crippen molar-refractivity contribution in [2.45, 2.75) is 90.9 Å². The number of hydrogen-bond donors (Lipinski definition) is 0. The number of unbranched alkanes of at least 4 members (excludes halogenated alkanes) is 10. The maximum absolute atomic E-state index is 15.5. The normalized spacial score (nSPS) is 13.5. The Morgan fingerprint density at radius 3 is 0.783 bits per heavy atom. The first-order valence-electron chi connectivity index (χ1n) is 22.2. The molecule has 0 atom stereocenters. The minimum Gasteiger partial charge on any atom is -0.274 e. The first-order valence-corrected chi connectivity index (χ1v) is 22.2. The minimum atomic E-state index is -0.393. The van der Waals surface area contributed by atoms with Crippen molar-refractivity contribution < 1.29 is 19.2 Å². The molecule has 6 aromatic rings. The molecule has 0 aliphatic carbocycles. The van der Waals surface area contributed by atoms with E-state index < -0.39 is 23.6 Å². The fourth-order valence-corrected chi connectivity index (χ4v) is 9.41. The zero-order chi connectivity index (χ0) is 41.6. The van der Waals surface area contributed by atoms with E-state index in [0.29, 0.717) is 68.1 Å². The zero-order valence-electron chi connectivity index (χ0n) is 35.0. The van der Waals surface area contributed by atoms with Crippen LogP contribution in [0.15, 0.2) is 121 Å². The highest BCUT2D eigenvalue weighted by molar-refractivity contribution is 6.40. The lowest BCUT2D eigenvalue weighted by molar-refractivity contribution is 0.0587. The summed E-state index contributed by atoms with van der Waals surface area (Å²) >= 11 is 0. The highest BCUT2D eigenvalue weighted by Crippen LogP contribution is 2.54. The van der Waals surface area contributed by atoms with Gasteiger partial charge in [-0.1, -0.05) is 199 Å². The van der Waals surface area contributed by atoms with Crippen LogP contribution in [0.3, 0.4) is 0 Å². The Morgan fingerprint density at radius 2 is 0.533 bits per heavy atom. The second-order valence-corrected chi connectivity index (χ2v) is 16.3. The molecule has 0 fully saturated rings. The molecule has 6 heteroatoms. The molecule has 0 bridgehead atoms. The molecule has 2 aliphatic rings. The summed E-state index contributed by atoms with van der Waals surface area (Å²) in [6.45, 7) is 4.91. The molecule has 0 saturated carbocycles. The Morgan fingerprint density at radius 1 is 0.300 bits per heavy atom. The van der Waals surface area contributed by atoms with Crippen LogP contribution in [0.2, 0.25) is 0 Å². The number of rotatable bonds is 18.